The van der Waals surface area contributed by atoms with E-state index in [1.54, 1.807) is 6.08 Å². The van der Waals surface area contributed by atoms with Crippen molar-refractivity contribution < 1.29 is 27.9 Å². The van der Waals surface area contributed by atoms with E-state index in [9.17, 15) is 9.90 Å². The molecule has 3 rings (SSSR count). The highest BCUT2D eigenvalue weighted by Gasteiger charge is 2.50. The van der Waals surface area contributed by atoms with Crippen molar-refractivity contribution >= 4 is 41.1 Å². The SMILES string of the molecule is CC[Si](CC)(CC)O[C@H](CCCC(=O)/C=C/C[C@H](C[C@H](O)CCO[Si](c1ccccc1)(c1ccccc1)C(C)(C)C)O[Si](C(C)C)(C(C)C)C(C)C)C[C@@H](C)COCc1ccccc1. The monoisotopic (exact) mass is 931 g/mol. The number of aliphatic hydroxyl groups excluding tert-OH is 1. The van der Waals surface area contributed by atoms with Gasteiger partial charge in [0.25, 0.3) is 8.32 Å². The van der Waals surface area contributed by atoms with E-state index >= 15 is 0 Å². The van der Waals surface area contributed by atoms with Crippen LogP contribution in [0.2, 0.25) is 39.8 Å². The lowest BCUT2D eigenvalue weighted by atomic mass is 9.99. The molecule has 0 bridgehead atoms. The molecule has 0 aromatic heterocycles. The third-order valence-electron chi connectivity index (χ3n) is 14.0. The normalized spacial score (nSPS) is 15.0. The summed E-state index contributed by atoms with van der Waals surface area (Å²) >= 11 is 0. The number of hydrogen-bond donors (Lipinski definition) is 1. The number of ether oxygens (including phenoxy) is 1. The molecule has 0 spiro atoms. The second kappa shape index (κ2) is 27.4. The van der Waals surface area contributed by atoms with Crippen molar-refractivity contribution in [1.29, 1.82) is 0 Å². The summed E-state index contributed by atoms with van der Waals surface area (Å²) < 4.78 is 27.7. The molecule has 0 aliphatic heterocycles. The molecule has 0 aliphatic rings. The van der Waals surface area contributed by atoms with Crippen LogP contribution in [0, 0.1) is 5.92 Å². The number of benzene rings is 3. The van der Waals surface area contributed by atoms with Crippen LogP contribution in [-0.4, -0.2) is 67.4 Å². The van der Waals surface area contributed by atoms with Crippen molar-refractivity contribution in [3.63, 3.8) is 0 Å². The van der Waals surface area contributed by atoms with Gasteiger partial charge in [0, 0.05) is 25.7 Å². The molecule has 0 saturated carbocycles. The highest BCUT2D eigenvalue weighted by Crippen LogP contribution is 2.44. The smallest absolute Gasteiger partial charge is 0.261 e. The van der Waals surface area contributed by atoms with E-state index in [-0.39, 0.29) is 23.0 Å². The van der Waals surface area contributed by atoms with E-state index in [0.717, 1.165) is 37.4 Å². The number of carbonyl (C=O) groups is 1. The molecule has 9 heteroatoms. The molecule has 0 saturated heterocycles. The lowest BCUT2D eigenvalue weighted by Crippen LogP contribution is -2.66. The summed E-state index contributed by atoms with van der Waals surface area (Å²) in [4.78, 5) is 13.5. The second-order valence-electron chi connectivity index (χ2n) is 20.6. The molecule has 0 unspecified atom stereocenters. The summed E-state index contributed by atoms with van der Waals surface area (Å²) in [5, 5.41) is 14.1. The van der Waals surface area contributed by atoms with Crippen molar-refractivity contribution in [1.82, 2.24) is 0 Å². The van der Waals surface area contributed by atoms with Crippen LogP contribution in [0.5, 0.6) is 0 Å². The van der Waals surface area contributed by atoms with Crippen LogP contribution in [0.15, 0.2) is 103 Å². The first-order chi connectivity index (χ1) is 30.4. The Morgan fingerprint density at radius 3 is 1.69 bits per heavy atom. The average Bonchev–Trinajstić information content (AvgIpc) is 3.26. The van der Waals surface area contributed by atoms with Crippen molar-refractivity contribution in [2.75, 3.05) is 13.2 Å². The number of allylic oxidation sites excluding steroid dienone is 1. The molecule has 358 valence electrons. The van der Waals surface area contributed by atoms with Crippen LogP contribution in [0.1, 0.15) is 141 Å². The standard InChI is InChI=1S/C55H90O6Si3/c1-14-62(15-2,16-3)60-51(40-47(10)42-58-43-48-28-20-17-21-29-48)32-26-30-49(56)31-27-33-52(61-63(44(4)5,45(6)7)46(8)9)41-50(57)38-39-59-64(55(11,12)13,53-34-22-18-23-35-53)54-36-24-19-25-37-54/h17-25,27-29,31,34-37,44-47,50-52,57H,14-16,26,30,32-33,38-43H2,1-13H3/b31-27+/t47-,50-,51-,52-/m1/s1. The Bertz CT molecular complexity index is 1670. The Kier molecular flexibility index (Phi) is 23.9. The second-order valence-corrected chi connectivity index (χ2v) is 35.0. The summed E-state index contributed by atoms with van der Waals surface area (Å²) in [5.41, 5.74) is 2.40. The van der Waals surface area contributed by atoms with Crippen molar-refractivity contribution in [2.45, 2.75) is 200 Å². The largest absolute Gasteiger partial charge is 0.414 e. The van der Waals surface area contributed by atoms with Crippen LogP contribution in [-0.2, 0) is 29.4 Å². The van der Waals surface area contributed by atoms with Gasteiger partial charge in [0.1, 0.15) is 0 Å². The van der Waals surface area contributed by atoms with Gasteiger partial charge in [0.15, 0.2) is 14.1 Å². The minimum atomic E-state index is -2.73. The zero-order valence-electron chi connectivity index (χ0n) is 42.5. The Labute approximate surface area is 394 Å². The fourth-order valence-electron chi connectivity index (χ4n) is 10.4. The summed E-state index contributed by atoms with van der Waals surface area (Å²) in [7, 11) is -6.85. The molecule has 1 N–H and O–H groups in total. The van der Waals surface area contributed by atoms with Gasteiger partial charge in [-0.2, -0.15) is 0 Å². The molecule has 0 aliphatic carbocycles. The predicted octanol–water partition coefficient (Wildman–Crippen LogP) is 13.6. The fraction of sp³-hybridized carbons (Fsp3) is 0.618. The lowest BCUT2D eigenvalue weighted by Gasteiger charge is -2.45. The van der Waals surface area contributed by atoms with Crippen LogP contribution < -0.4 is 10.4 Å². The van der Waals surface area contributed by atoms with E-state index in [0.29, 0.717) is 68.0 Å². The number of carbonyl (C=O) groups excluding carboxylic acids is 1. The Balaban J connectivity index is 1.73. The summed E-state index contributed by atoms with van der Waals surface area (Å²) in [6.07, 6.45) is 7.78. The first-order valence-corrected chi connectivity index (χ1v) is 31.6. The highest BCUT2D eigenvalue weighted by molar-refractivity contribution is 6.99. The van der Waals surface area contributed by atoms with Gasteiger partial charge >= 0.3 is 0 Å². The number of ketones is 1. The molecule has 3 aromatic rings. The van der Waals surface area contributed by atoms with E-state index < -0.39 is 31.1 Å². The maximum absolute atomic E-state index is 13.5. The highest BCUT2D eigenvalue weighted by atomic mass is 28.4. The summed E-state index contributed by atoms with van der Waals surface area (Å²) in [6.45, 7) is 31.6. The minimum absolute atomic E-state index is 0.125. The molecule has 4 atom stereocenters. The van der Waals surface area contributed by atoms with Crippen molar-refractivity contribution in [2.24, 2.45) is 5.92 Å². The molecular formula is C55H90O6Si3. The van der Waals surface area contributed by atoms with E-state index in [1.807, 2.05) is 12.1 Å². The van der Waals surface area contributed by atoms with Gasteiger partial charge in [-0.1, -0.05) is 187 Å². The van der Waals surface area contributed by atoms with Gasteiger partial charge in [-0.15, -0.1) is 0 Å². The lowest BCUT2D eigenvalue weighted by molar-refractivity contribution is -0.114. The van der Waals surface area contributed by atoms with Gasteiger partial charge < -0.3 is 23.1 Å². The van der Waals surface area contributed by atoms with Gasteiger partial charge in [-0.05, 0) is 106 Å². The quantitative estimate of drug-likeness (QED) is 0.0512. The van der Waals surface area contributed by atoms with Gasteiger partial charge in [0.05, 0.1) is 18.8 Å². The van der Waals surface area contributed by atoms with Crippen molar-refractivity contribution in [3.05, 3.63) is 109 Å². The Morgan fingerprint density at radius 1 is 0.688 bits per heavy atom. The molecule has 3 aromatic carbocycles. The molecule has 6 nitrogen and oxygen atoms in total. The third-order valence-corrected chi connectivity index (χ3v) is 29.9. The Morgan fingerprint density at radius 2 is 1.20 bits per heavy atom. The zero-order chi connectivity index (χ0) is 47.4. The van der Waals surface area contributed by atoms with Crippen LogP contribution >= 0.6 is 0 Å². The maximum Gasteiger partial charge on any atom is 0.261 e. The molecule has 0 heterocycles. The fourth-order valence-corrected chi connectivity index (χ4v) is 23.5. The number of aliphatic hydroxyl groups is 1. The molecular weight excluding hydrogens is 841 g/mol. The van der Waals surface area contributed by atoms with Crippen LogP contribution in [0.4, 0.5) is 0 Å². The third kappa shape index (κ3) is 16.1. The van der Waals surface area contributed by atoms with Crippen LogP contribution in [0.3, 0.4) is 0 Å². The number of hydrogen-bond acceptors (Lipinski definition) is 6. The van der Waals surface area contributed by atoms with Crippen molar-refractivity contribution in [3.8, 4) is 0 Å². The van der Waals surface area contributed by atoms with Gasteiger partial charge in [0.2, 0.25) is 8.32 Å². The van der Waals surface area contributed by atoms with Crippen LogP contribution in [0.25, 0.3) is 0 Å². The maximum atomic E-state index is 13.5. The molecule has 0 amide bonds. The average molecular weight is 932 g/mol. The topological polar surface area (TPSA) is 74.2 Å². The van der Waals surface area contributed by atoms with Gasteiger partial charge in [-0.25, -0.2) is 0 Å². The van der Waals surface area contributed by atoms with E-state index in [4.69, 9.17) is 18.0 Å². The molecule has 0 radical (unpaired) electrons. The molecule has 0 fully saturated rings. The number of rotatable bonds is 31. The van der Waals surface area contributed by atoms with E-state index in [2.05, 4.69) is 175 Å². The Hall–Kier alpha value is -2.48. The van der Waals surface area contributed by atoms with Gasteiger partial charge in [-0.3, -0.25) is 4.79 Å². The first-order valence-electron chi connectivity index (χ1n) is 25.0. The summed E-state index contributed by atoms with van der Waals surface area (Å²) in [6, 6.07) is 35.1. The molecule has 64 heavy (non-hydrogen) atoms. The van der Waals surface area contributed by atoms with E-state index in [1.165, 1.54) is 15.9 Å². The summed E-state index contributed by atoms with van der Waals surface area (Å²) in [5.74, 6) is 0.496. The zero-order valence-corrected chi connectivity index (χ0v) is 45.5. The first kappa shape index (κ1) is 55.8. The minimum Gasteiger partial charge on any atom is -0.414 e. The predicted molar refractivity (Wildman–Crippen MR) is 279 cm³/mol.